The first-order valence-corrected chi connectivity index (χ1v) is 10.9. The molecule has 1 aliphatic rings. The average molecular weight is 441 g/mol. The smallest absolute Gasteiger partial charge is 0.416 e. The normalized spacial score (nSPS) is 16.3. The van der Waals surface area contributed by atoms with Crippen molar-refractivity contribution in [1.82, 2.24) is 10.2 Å². The molecular formula is C26H27F3N2O. The molecule has 0 radical (unpaired) electrons. The van der Waals surface area contributed by atoms with Crippen LogP contribution in [-0.2, 0) is 12.8 Å². The van der Waals surface area contributed by atoms with Gasteiger partial charge in [0.05, 0.1) is 11.6 Å². The molecule has 1 unspecified atom stereocenters. The van der Waals surface area contributed by atoms with Crippen LogP contribution in [0.4, 0.5) is 13.2 Å². The van der Waals surface area contributed by atoms with E-state index in [0.29, 0.717) is 6.61 Å². The Hall–Kier alpha value is -2.83. The third-order valence-electron chi connectivity index (χ3n) is 5.74. The summed E-state index contributed by atoms with van der Waals surface area (Å²) in [4.78, 5) is 2.33. The number of rotatable bonds is 6. The summed E-state index contributed by atoms with van der Waals surface area (Å²) in [6.07, 6.45) is -3.37. The highest BCUT2D eigenvalue weighted by molar-refractivity contribution is 5.43. The molecule has 4 rings (SSSR count). The maximum Gasteiger partial charge on any atom is 0.416 e. The molecule has 3 aromatic rings. The van der Waals surface area contributed by atoms with Crippen LogP contribution in [-0.4, -0.2) is 31.1 Å². The fraction of sp³-hybridized carbons (Fsp3) is 0.308. The molecule has 1 atom stereocenters. The van der Waals surface area contributed by atoms with Crippen molar-refractivity contribution >= 4 is 0 Å². The van der Waals surface area contributed by atoms with Crippen molar-refractivity contribution in [3.8, 4) is 5.75 Å². The molecule has 1 aliphatic heterocycles. The van der Waals surface area contributed by atoms with Gasteiger partial charge in [0.2, 0.25) is 0 Å². The van der Waals surface area contributed by atoms with E-state index in [-0.39, 0.29) is 6.04 Å². The van der Waals surface area contributed by atoms with Gasteiger partial charge >= 0.3 is 6.18 Å². The molecule has 0 saturated carbocycles. The summed E-state index contributed by atoms with van der Waals surface area (Å²) >= 11 is 0. The van der Waals surface area contributed by atoms with Crippen molar-refractivity contribution in [1.29, 1.82) is 0 Å². The third kappa shape index (κ3) is 5.50. The molecule has 32 heavy (non-hydrogen) atoms. The second kappa shape index (κ2) is 10.2. The first kappa shape index (κ1) is 22.4. The SMILES string of the molecule is FC(F)(F)c1ccc(C(c2ccccc2OCc2ccccc2)N2CCCNCC2)cc1. The Bertz CT molecular complexity index is 982. The highest BCUT2D eigenvalue weighted by atomic mass is 19.4. The Kier molecular flexibility index (Phi) is 7.12. The van der Waals surface area contributed by atoms with Crippen LogP contribution in [0.25, 0.3) is 0 Å². The Balaban J connectivity index is 1.68. The minimum atomic E-state index is -4.35. The Labute approximate surface area is 186 Å². The lowest BCUT2D eigenvalue weighted by Crippen LogP contribution is -2.33. The minimum absolute atomic E-state index is 0.191. The zero-order valence-corrected chi connectivity index (χ0v) is 17.8. The topological polar surface area (TPSA) is 24.5 Å². The zero-order chi connectivity index (χ0) is 22.4. The predicted octanol–water partition coefficient (Wildman–Crippen LogP) is 5.67. The van der Waals surface area contributed by atoms with Crippen LogP contribution in [0.15, 0.2) is 78.9 Å². The number of halogens is 3. The van der Waals surface area contributed by atoms with E-state index in [0.717, 1.165) is 55.0 Å². The molecule has 168 valence electrons. The van der Waals surface area contributed by atoms with Gasteiger partial charge in [0, 0.05) is 25.2 Å². The molecule has 0 spiro atoms. The first-order chi connectivity index (χ1) is 15.5. The maximum absolute atomic E-state index is 13.1. The second-order valence-electron chi connectivity index (χ2n) is 7.97. The summed E-state index contributed by atoms with van der Waals surface area (Å²) in [5.74, 6) is 0.749. The maximum atomic E-state index is 13.1. The molecule has 0 aromatic heterocycles. The van der Waals surface area contributed by atoms with E-state index in [1.54, 1.807) is 12.1 Å². The lowest BCUT2D eigenvalue weighted by atomic mass is 9.95. The highest BCUT2D eigenvalue weighted by Crippen LogP contribution is 2.37. The molecule has 1 heterocycles. The van der Waals surface area contributed by atoms with Crippen LogP contribution >= 0.6 is 0 Å². The van der Waals surface area contributed by atoms with Crippen molar-refractivity contribution in [3.05, 3.63) is 101 Å². The van der Waals surface area contributed by atoms with Gasteiger partial charge in [-0.1, -0.05) is 60.7 Å². The lowest BCUT2D eigenvalue weighted by molar-refractivity contribution is -0.137. The van der Waals surface area contributed by atoms with Crippen molar-refractivity contribution in [2.24, 2.45) is 0 Å². The summed E-state index contributed by atoms with van der Waals surface area (Å²) in [6, 6.07) is 23.1. The van der Waals surface area contributed by atoms with Gasteiger partial charge in [0.15, 0.2) is 0 Å². The number of benzene rings is 3. The summed E-state index contributed by atoms with van der Waals surface area (Å²) in [5.41, 5.74) is 2.22. The van der Waals surface area contributed by atoms with Gasteiger partial charge in [-0.2, -0.15) is 13.2 Å². The summed E-state index contributed by atoms with van der Waals surface area (Å²) in [5, 5.41) is 3.40. The molecule has 6 heteroatoms. The molecular weight excluding hydrogens is 413 g/mol. The Morgan fingerprint density at radius 1 is 0.844 bits per heavy atom. The zero-order valence-electron chi connectivity index (χ0n) is 17.8. The van der Waals surface area contributed by atoms with Crippen molar-refractivity contribution in [2.75, 3.05) is 26.2 Å². The highest BCUT2D eigenvalue weighted by Gasteiger charge is 2.31. The monoisotopic (exact) mass is 440 g/mol. The van der Waals surface area contributed by atoms with Crippen LogP contribution in [0.3, 0.4) is 0 Å². The van der Waals surface area contributed by atoms with Crippen LogP contribution < -0.4 is 10.1 Å². The van der Waals surface area contributed by atoms with E-state index >= 15 is 0 Å². The van der Waals surface area contributed by atoms with Gasteiger partial charge in [-0.15, -0.1) is 0 Å². The lowest BCUT2D eigenvalue weighted by Gasteiger charge is -2.32. The van der Waals surface area contributed by atoms with Gasteiger partial charge in [-0.25, -0.2) is 0 Å². The quantitative estimate of drug-likeness (QED) is 0.535. The van der Waals surface area contributed by atoms with Gasteiger partial charge in [0.25, 0.3) is 0 Å². The summed E-state index contributed by atoms with van der Waals surface area (Å²) < 4.78 is 45.6. The van der Waals surface area contributed by atoms with E-state index in [1.165, 1.54) is 12.1 Å². The van der Waals surface area contributed by atoms with E-state index in [9.17, 15) is 13.2 Å². The minimum Gasteiger partial charge on any atom is -0.489 e. The fourth-order valence-electron chi connectivity index (χ4n) is 4.14. The number of nitrogens with one attached hydrogen (secondary N) is 1. The second-order valence-corrected chi connectivity index (χ2v) is 7.97. The Morgan fingerprint density at radius 3 is 2.31 bits per heavy atom. The first-order valence-electron chi connectivity index (χ1n) is 10.9. The fourth-order valence-corrected chi connectivity index (χ4v) is 4.14. The molecule has 1 fully saturated rings. The molecule has 0 amide bonds. The van der Waals surface area contributed by atoms with E-state index in [2.05, 4.69) is 10.2 Å². The molecule has 3 aromatic carbocycles. The van der Waals surface area contributed by atoms with Crippen LogP contribution in [0.2, 0.25) is 0 Å². The van der Waals surface area contributed by atoms with Gasteiger partial charge in [-0.3, -0.25) is 4.90 Å². The van der Waals surface area contributed by atoms with E-state index < -0.39 is 11.7 Å². The number of alkyl halides is 3. The molecule has 0 bridgehead atoms. The number of nitrogens with zero attached hydrogens (tertiary/aromatic N) is 1. The van der Waals surface area contributed by atoms with E-state index in [4.69, 9.17) is 4.74 Å². The number of ether oxygens (including phenoxy) is 1. The van der Waals surface area contributed by atoms with Crippen molar-refractivity contribution in [2.45, 2.75) is 25.2 Å². The van der Waals surface area contributed by atoms with Crippen molar-refractivity contribution in [3.63, 3.8) is 0 Å². The van der Waals surface area contributed by atoms with Crippen molar-refractivity contribution < 1.29 is 17.9 Å². The average Bonchev–Trinajstić information content (AvgIpc) is 3.09. The van der Waals surface area contributed by atoms with E-state index in [1.807, 2.05) is 54.6 Å². The van der Waals surface area contributed by atoms with Gasteiger partial charge in [-0.05, 0) is 42.3 Å². The number of para-hydroxylation sites is 1. The number of hydrogen-bond donors (Lipinski definition) is 1. The third-order valence-corrected chi connectivity index (χ3v) is 5.74. The van der Waals surface area contributed by atoms with Gasteiger partial charge < -0.3 is 10.1 Å². The van der Waals surface area contributed by atoms with Crippen LogP contribution in [0.1, 0.15) is 34.7 Å². The molecule has 1 N–H and O–H groups in total. The molecule has 3 nitrogen and oxygen atoms in total. The molecule has 0 aliphatic carbocycles. The molecule has 1 saturated heterocycles. The summed E-state index contributed by atoms with van der Waals surface area (Å²) in [6.45, 7) is 3.86. The summed E-state index contributed by atoms with van der Waals surface area (Å²) in [7, 11) is 0. The Morgan fingerprint density at radius 2 is 1.56 bits per heavy atom. The van der Waals surface area contributed by atoms with Gasteiger partial charge in [0.1, 0.15) is 12.4 Å². The largest absolute Gasteiger partial charge is 0.489 e. The predicted molar refractivity (Wildman–Crippen MR) is 120 cm³/mol. The number of hydrogen-bond acceptors (Lipinski definition) is 3. The standard InChI is InChI=1S/C26H27F3N2O/c27-26(28,29)22-13-11-21(12-14-22)25(31-17-6-15-30-16-18-31)23-9-4-5-10-24(23)32-19-20-7-2-1-3-8-20/h1-5,7-14,25,30H,6,15-19H2. The van der Waals surface area contributed by atoms with Crippen LogP contribution in [0.5, 0.6) is 5.75 Å². The van der Waals surface area contributed by atoms with Crippen LogP contribution in [0, 0.1) is 0 Å².